The van der Waals surface area contributed by atoms with Crippen LogP contribution in [0.2, 0.25) is 0 Å². The molecule has 3 aromatic rings. The highest BCUT2D eigenvalue weighted by Gasteiger charge is 2.25. The fraction of sp³-hybridized carbons (Fsp3) is 0.318. The van der Waals surface area contributed by atoms with Gasteiger partial charge in [0.25, 0.3) is 0 Å². The summed E-state index contributed by atoms with van der Waals surface area (Å²) in [5, 5.41) is 1.25. The molecule has 5 nitrogen and oxygen atoms in total. The summed E-state index contributed by atoms with van der Waals surface area (Å²) >= 11 is 0. The van der Waals surface area contributed by atoms with Crippen molar-refractivity contribution in [3.63, 3.8) is 0 Å². The summed E-state index contributed by atoms with van der Waals surface area (Å²) in [6.07, 6.45) is 1.25. The highest BCUT2D eigenvalue weighted by molar-refractivity contribution is 5.87. The molecular formula is C22H24N2O3. The molecule has 2 aromatic carbocycles. The zero-order valence-electron chi connectivity index (χ0n) is 16.0. The Labute approximate surface area is 159 Å². The number of amides is 1. The number of fused-ring (bicyclic) bond motifs is 3. The molecule has 5 heteroatoms. The Kier molecular flexibility index (Phi) is 4.52. The van der Waals surface area contributed by atoms with Crippen LogP contribution >= 0.6 is 0 Å². The first-order valence-corrected chi connectivity index (χ1v) is 9.16. The fourth-order valence-electron chi connectivity index (χ4n) is 4.02. The number of hydrogen-bond donors (Lipinski definition) is 0. The third-order valence-electron chi connectivity index (χ3n) is 5.47. The maximum absolute atomic E-state index is 12.9. The molecule has 0 N–H and O–H groups in total. The Balaban J connectivity index is 1.56. The van der Waals surface area contributed by atoms with Crippen LogP contribution in [0.3, 0.4) is 0 Å². The van der Waals surface area contributed by atoms with Gasteiger partial charge in [-0.2, -0.15) is 0 Å². The first-order chi connectivity index (χ1) is 13.1. The van der Waals surface area contributed by atoms with E-state index in [9.17, 15) is 4.79 Å². The number of hydrogen-bond acceptors (Lipinski definition) is 3. The predicted octanol–water partition coefficient (Wildman–Crippen LogP) is 3.32. The molecule has 2 heterocycles. The third kappa shape index (κ3) is 3.03. The number of benzene rings is 2. The topological polar surface area (TPSA) is 43.7 Å². The van der Waals surface area contributed by atoms with Crippen LogP contribution in [-0.4, -0.2) is 36.1 Å². The summed E-state index contributed by atoms with van der Waals surface area (Å²) in [5.74, 6) is 1.46. The normalized spacial score (nSPS) is 13.5. The number of nitrogens with zero attached hydrogens (tertiary/aromatic N) is 2. The van der Waals surface area contributed by atoms with Gasteiger partial charge >= 0.3 is 0 Å². The number of rotatable bonds is 4. The van der Waals surface area contributed by atoms with E-state index < -0.39 is 0 Å². The molecule has 1 aromatic heterocycles. The minimum atomic E-state index is 0.140. The molecule has 0 fully saturated rings. The van der Waals surface area contributed by atoms with Crippen LogP contribution in [0.25, 0.3) is 10.9 Å². The van der Waals surface area contributed by atoms with Crippen molar-refractivity contribution in [3.05, 3.63) is 59.3 Å². The molecule has 0 unspecified atom stereocenters. The summed E-state index contributed by atoms with van der Waals surface area (Å²) in [7, 11) is 5.33. The molecule has 27 heavy (non-hydrogen) atoms. The molecule has 1 aliphatic rings. The molecule has 140 valence electrons. The van der Waals surface area contributed by atoms with Crippen molar-refractivity contribution >= 4 is 16.8 Å². The van der Waals surface area contributed by atoms with E-state index in [1.807, 2.05) is 23.1 Å². The summed E-state index contributed by atoms with van der Waals surface area (Å²) in [5.41, 5.74) is 4.78. The standard InChI is InChI=1S/C22H24N2O3/c1-23-18-7-5-4-6-16(18)17-14-24(11-10-19(17)23)22(25)13-15-8-9-20(26-2)21(12-15)27-3/h4-9,12H,10-11,13-14H2,1-3H3. The average molecular weight is 364 g/mol. The van der Waals surface area contributed by atoms with Gasteiger partial charge in [0.1, 0.15) is 0 Å². The zero-order chi connectivity index (χ0) is 19.0. The zero-order valence-corrected chi connectivity index (χ0v) is 16.0. The number of methoxy groups -OCH3 is 2. The van der Waals surface area contributed by atoms with Crippen molar-refractivity contribution in [2.75, 3.05) is 20.8 Å². The minimum absolute atomic E-state index is 0.140. The van der Waals surface area contributed by atoms with Crippen molar-refractivity contribution in [2.45, 2.75) is 19.4 Å². The summed E-state index contributed by atoms with van der Waals surface area (Å²) in [6, 6.07) is 14.1. The quantitative estimate of drug-likeness (QED) is 0.713. The summed E-state index contributed by atoms with van der Waals surface area (Å²) in [6.45, 7) is 1.42. The molecule has 0 saturated carbocycles. The van der Waals surface area contributed by atoms with Crippen LogP contribution < -0.4 is 9.47 Å². The van der Waals surface area contributed by atoms with Gasteiger partial charge in [-0.3, -0.25) is 4.79 Å². The molecule has 1 aliphatic heterocycles. The number of carbonyl (C=O) groups excluding carboxylic acids is 1. The third-order valence-corrected chi connectivity index (χ3v) is 5.47. The average Bonchev–Trinajstić information content (AvgIpc) is 3.00. The van der Waals surface area contributed by atoms with Gasteiger partial charge in [-0.05, 0) is 23.8 Å². The molecule has 0 saturated heterocycles. The molecule has 0 radical (unpaired) electrons. The Morgan fingerprint density at radius 1 is 1.07 bits per heavy atom. The minimum Gasteiger partial charge on any atom is -0.493 e. The predicted molar refractivity (Wildman–Crippen MR) is 105 cm³/mol. The lowest BCUT2D eigenvalue weighted by atomic mass is 10.0. The molecule has 4 rings (SSSR count). The van der Waals surface area contributed by atoms with Crippen LogP contribution in [0.4, 0.5) is 0 Å². The number of aryl methyl sites for hydroxylation is 1. The van der Waals surface area contributed by atoms with Gasteiger partial charge in [0.05, 0.1) is 20.6 Å². The number of para-hydroxylation sites is 1. The van der Waals surface area contributed by atoms with Gasteiger partial charge in [-0.1, -0.05) is 24.3 Å². The van der Waals surface area contributed by atoms with E-state index in [1.165, 1.54) is 22.2 Å². The maximum atomic E-state index is 12.9. The number of ether oxygens (including phenoxy) is 2. The van der Waals surface area contributed by atoms with Crippen LogP contribution in [-0.2, 0) is 31.2 Å². The van der Waals surface area contributed by atoms with Crippen molar-refractivity contribution in [1.29, 1.82) is 0 Å². The molecule has 0 atom stereocenters. The second-order valence-corrected chi connectivity index (χ2v) is 6.93. The van der Waals surface area contributed by atoms with E-state index in [2.05, 4.69) is 35.9 Å². The maximum Gasteiger partial charge on any atom is 0.227 e. The van der Waals surface area contributed by atoms with E-state index in [-0.39, 0.29) is 5.91 Å². The van der Waals surface area contributed by atoms with Crippen LogP contribution in [0.1, 0.15) is 16.8 Å². The second kappa shape index (κ2) is 6.99. The number of aromatic nitrogens is 1. The van der Waals surface area contributed by atoms with Gasteiger partial charge in [0.15, 0.2) is 11.5 Å². The van der Waals surface area contributed by atoms with Gasteiger partial charge < -0.3 is 18.9 Å². The van der Waals surface area contributed by atoms with E-state index in [4.69, 9.17) is 9.47 Å². The SMILES string of the molecule is COc1ccc(CC(=O)N2CCc3c(c4ccccc4n3C)C2)cc1OC. The largest absolute Gasteiger partial charge is 0.493 e. The molecule has 0 spiro atoms. The molecular weight excluding hydrogens is 340 g/mol. The van der Waals surface area contributed by atoms with E-state index >= 15 is 0 Å². The lowest BCUT2D eigenvalue weighted by Crippen LogP contribution is -2.37. The van der Waals surface area contributed by atoms with Gasteiger partial charge in [-0.15, -0.1) is 0 Å². The van der Waals surface area contributed by atoms with Crippen LogP contribution in [0.5, 0.6) is 11.5 Å². The summed E-state index contributed by atoms with van der Waals surface area (Å²) < 4.78 is 12.9. The van der Waals surface area contributed by atoms with Crippen molar-refractivity contribution < 1.29 is 14.3 Å². The monoisotopic (exact) mass is 364 g/mol. The number of carbonyl (C=O) groups is 1. The Morgan fingerprint density at radius 3 is 2.63 bits per heavy atom. The van der Waals surface area contributed by atoms with Gasteiger partial charge in [-0.25, -0.2) is 0 Å². The lowest BCUT2D eigenvalue weighted by molar-refractivity contribution is -0.131. The van der Waals surface area contributed by atoms with Crippen molar-refractivity contribution in [2.24, 2.45) is 7.05 Å². The Morgan fingerprint density at radius 2 is 1.85 bits per heavy atom. The van der Waals surface area contributed by atoms with Crippen molar-refractivity contribution in [1.82, 2.24) is 9.47 Å². The van der Waals surface area contributed by atoms with E-state index in [0.717, 1.165) is 18.5 Å². The molecule has 1 amide bonds. The Hall–Kier alpha value is -2.95. The van der Waals surface area contributed by atoms with Gasteiger partial charge in [0, 0.05) is 48.7 Å². The van der Waals surface area contributed by atoms with Crippen LogP contribution in [0, 0.1) is 0 Å². The first kappa shape index (κ1) is 17.5. The molecule has 0 bridgehead atoms. The lowest BCUT2D eigenvalue weighted by Gasteiger charge is -2.28. The highest BCUT2D eigenvalue weighted by Crippen LogP contribution is 2.31. The van der Waals surface area contributed by atoms with Crippen molar-refractivity contribution in [3.8, 4) is 11.5 Å². The smallest absolute Gasteiger partial charge is 0.227 e. The first-order valence-electron chi connectivity index (χ1n) is 9.16. The summed E-state index contributed by atoms with van der Waals surface area (Å²) in [4.78, 5) is 14.9. The highest BCUT2D eigenvalue weighted by atomic mass is 16.5. The van der Waals surface area contributed by atoms with Gasteiger partial charge in [0.2, 0.25) is 5.91 Å². The fourth-order valence-corrected chi connectivity index (χ4v) is 4.02. The van der Waals surface area contributed by atoms with E-state index in [1.54, 1.807) is 14.2 Å². The Bertz CT molecular complexity index is 1010. The second-order valence-electron chi connectivity index (χ2n) is 6.93. The van der Waals surface area contributed by atoms with Crippen LogP contribution in [0.15, 0.2) is 42.5 Å². The molecule has 0 aliphatic carbocycles. The van der Waals surface area contributed by atoms with E-state index in [0.29, 0.717) is 24.5 Å².